The second-order valence-electron chi connectivity index (χ2n) is 9.62. The molecule has 2 aromatic heterocycles. The quantitative estimate of drug-likeness (QED) is 0.124. The Morgan fingerprint density at radius 3 is 2.62 bits per heavy atom. The van der Waals surface area contributed by atoms with E-state index >= 15 is 0 Å². The van der Waals surface area contributed by atoms with Gasteiger partial charge in [0.2, 0.25) is 5.82 Å². The van der Waals surface area contributed by atoms with Crippen LogP contribution in [0.3, 0.4) is 0 Å². The molecule has 224 valence electrons. The monoisotopic (exact) mass is 607 g/mol. The SMILES string of the molecule is COc1cccc2oc(-c3nc4ccccc4c(=O)n3N=Cc3ccc(OCC(=O)Nc4ccc(F)cc4)c([N+](=O)[O-])c3)cc12. The number of hydrogen-bond acceptors (Lipinski definition) is 9. The Morgan fingerprint density at radius 2 is 1.84 bits per heavy atom. The zero-order chi connectivity index (χ0) is 31.5. The first-order valence-electron chi connectivity index (χ1n) is 13.4. The van der Waals surface area contributed by atoms with Gasteiger partial charge in [-0.15, -0.1) is 0 Å². The van der Waals surface area contributed by atoms with E-state index in [1.54, 1.807) is 48.5 Å². The highest BCUT2D eigenvalue weighted by Crippen LogP contribution is 2.33. The number of benzene rings is 4. The number of hydrogen-bond donors (Lipinski definition) is 1. The molecule has 0 aliphatic carbocycles. The summed E-state index contributed by atoms with van der Waals surface area (Å²) >= 11 is 0. The van der Waals surface area contributed by atoms with Crippen molar-refractivity contribution < 1.29 is 28.0 Å². The van der Waals surface area contributed by atoms with Crippen molar-refractivity contribution in [2.75, 3.05) is 19.0 Å². The largest absolute Gasteiger partial charge is 0.496 e. The molecule has 0 saturated carbocycles. The molecule has 0 spiro atoms. The smallest absolute Gasteiger partial charge is 0.311 e. The van der Waals surface area contributed by atoms with Crippen molar-refractivity contribution in [3.05, 3.63) is 123 Å². The van der Waals surface area contributed by atoms with E-state index < -0.39 is 34.5 Å². The van der Waals surface area contributed by atoms with Crippen LogP contribution in [0.1, 0.15) is 5.56 Å². The molecule has 13 heteroatoms. The van der Waals surface area contributed by atoms with E-state index in [0.717, 1.165) is 4.68 Å². The van der Waals surface area contributed by atoms with Crippen LogP contribution in [0.5, 0.6) is 11.5 Å². The van der Waals surface area contributed by atoms with E-state index in [0.29, 0.717) is 33.3 Å². The third kappa shape index (κ3) is 5.95. The molecular formula is C32H22FN5O7. The molecule has 6 aromatic rings. The first-order chi connectivity index (χ1) is 21.8. The van der Waals surface area contributed by atoms with Crippen LogP contribution in [0.4, 0.5) is 15.8 Å². The van der Waals surface area contributed by atoms with E-state index in [1.165, 1.54) is 55.8 Å². The molecule has 0 aliphatic heterocycles. The lowest BCUT2D eigenvalue weighted by Gasteiger charge is -2.09. The van der Waals surface area contributed by atoms with E-state index in [9.17, 15) is 24.1 Å². The van der Waals surface area contributed by atoms with Crippen LogP contribution < -0.4 is 20.3 Å². The molecule has 0 aliphatic rings. The molecule has 1 N–H and O–H groups in total. The zero-order valence-electron chi connectivity index (χ0n) is 23.5. The number of amides is 1. The second kappa shape index (κ2) is 12.1. The number of carbonyl (C=O) groups excluding carboxylic acids is 1. The summed E-state index contributed by atoms with van der Waals surface area (Å²) in [4.78, 5) is 41.7. The van der Waals surface area contributed by atoms with E-state index in [1.807, 2.05) is 0 Å². The third-order valence-corrected chi connectivity index (χ3v) is 6.70. The number of para-hydroxylation sites is 1. The number of furan rings is 1. The number of fused-ring (bicyclic) bond motifs is 2. The van der Waals surface area contributed by atoms with Crippen molar-refractivity contribution in [2.45, 2.75) is 0 Å². The van der Waals surface area contributed by atoms with E-state index in [2.05, 4.69) is 15.4 Å². The highest BCUT2D eigenvalue weighted by atomic mass is 19.1. The standard InChI is InChI=1S/C32H22FN5O7/c1-43-26-7-4-8-27-23(26)16-29(45-27)31-36-24-6-3-2-5-22(24)32(40)37(31)34-17-19-9-14-28(25(15-19)38(41)42)44-18-30(39)35-21-12-10-20(33)11-13-21/h2-17H,18H2,1H3,(H,35,39). The van der Waals surface area contributed by atoms with Gasteiger partial charge in [-0.25, -0.2) is 9.37 Å². The van der Waals surface area contributed by atoms with Gasteiger partial charge in [0.15, 0.2) is 18.1 Å². The maximum atomic E-state index is 13.6. The lowest BCUT2D eigenvalue weighted by Crippen LogP contribution is -2.20. The number of anilines is 1. The van der Waals surface area contributed by atoms with E-state index in [4.69, 9.17) is 13.9 Å². The molecule has 2 heterocycles. The van der Waals surface area contributed by atoms with Gasteiger partial charge >= 0.3 is 5.69 Å². The van der Waals surface area contributed by atoms with Crippen molar-refractivity contribution in [1.29, 1.82) is 0 Å². The number of nitrogens with one attached hydrogen (secondary N) is 1. The lowest BCUT2D eigenvalue weighted by atomic mass is 10.2. The van der Waals surface area contributed by atoms with Crippen LogP contribution in [-0.4, -0.2) is 40.4 Å². The number of nitro groups is 1. The molecule has 4 aromatic carbocycles. The van der Waals surface area contributed by atoms with Crippen LogP contribution in [0.15, 0.2) is 105 Å². The Bertz CT molecular complexity index is 2170. The zero-order valence-corrected chi connectivity index (χ0v) is 23.5. The van der Waals surface area contributed by atoms with E-state index in [-0.39, 0.29) is 22.9 Å². The van der Waals surface area contributed by atoms with Gasteiger partial charge in [0.25, 0.3) is 11.5 Å². The van der Waals surface area contributed by atoms with Crippen LogP contribution in [-0.2, 0) is 4.79 Å². The fourth-order valence-electron chi connectivity index (χ4n) is 4.59. The van der Waals surface area contributed by atoms with Gasteiger partial charge in [-0.1, -0.05) is 18.2 Å². The Labute approximate surface area is 253 Å². The fourth-order valence-corrected chi connectivity index (χ4v) is 4.59. The van der Waals surface area contributed by atoms with Crippen molar-refractivity contribution in [2.24, 2.45) is 5.10 Å². The summed E-state index contributed by atoms with van der Waals surface area (Å²) in [5, 5.41) is 19.7. The topological polar surface area (TPSA) is 151 Å². The summed E-state index contributed by atoms with van der Waals surface area (Å²) in [5.74, 6) is -0.286. The van der Waals surface area contributed by atoms with Crippen molar-refractivity contribution >= 4 is 45.4 Å². The summed E-state index contributed by atoms with van der Waals surface area (Å²) in [5.41, 5.74) is 0.632. The average molecular weight is 608 g/mol. The number of aromatic nitrogens is 2. The van der Waals surface area contributed by atoms with Gasteiger partial charge in [0, 0.05) is 17.3 Å². The van der Waals surface area contributed by atoms with Crippen LogP contribution >= 0.6 is 0 Å². The predicted molar refractivity (Wildman–Crippen MR) is 164 cm³/mol. The van der Waals surface area contributed by atoms with Gasteiger partial charge in [-0.3, -0.25) is 19.7 Å². The summed E-state index contributed by atoms with van der Waals surface area (Å²) in [7, 11) is 1.54. The first-order valence-corrected chi connectivity index (χ1v) is 13.4. The average Bonchev–Trinajstić information content (AvgIpc) is 3.49. The minimum Gasteiger partial charge on any atom is -0.496 e. The molecule has 0 bridgehead atoms. The molecule has 1 amide bonds. The maximum Gasteiger partial charge on any atom is 0.311 e. The normalized spacial score (nSPS) is 11.2. The van der Waals surface area contributed by atoms with Gasteiger partial charge in [0.05, 0.1) is 34.5 Å². The Balaban J connectivity index is 1.32. The number of halogens is 1. The van der Waals surface area contributed by atoms with Crippen molar-refractivity contribution in [1.82, 2.24) is 9.66 Å². The molecule has 0 saturated heterocycles. The lowest BCUT2D eigenvalue weighted by molar-refractivity contribution is -0.385. The highest BCUT2D eigenvalue weighted by Gasteiger charge is 2.19. The van der Waals surface area contributed by atoms with Crippen LogP contribution in [0.2, 0.25) is 0 Å². The summed E-state index contributed by atoms with van der Waals surface area (Å²) in [6, 6.07) is 22.9. The maximum absolute atomic E-state index is 13.6. The molecule has 6 rings (SSSR count). The number of ether oxygens (including phenoxy) is 2. The molecule has 0 fully saturated rings. The Kier molecular flexibility index (Phi) is 7.72. The number of nitrogens with zero attached hydrogens (tertiary/aromatic N) is 4. The molecule has 0 atom stereocenters. The Morgan fingerprint density at radius 1 is 1.04 bits per heavy atom. The van der Waals surface area contributed by atoms with Crippen molar-refractivity contribution in [3.8, 4) is 23.1 Å². The Hall–Kier alpha value is -6.37. The van der Waals surface area contributed by atoms with Gasteiger partial charge in [-0.2, -0.15) is 9.78 Å². The number of rotatable bonds is 9. The minimum atomic E-state index is -0.665. The predicted octanol–water partition coefficient (Wildman–Crippen LogP) is 5.77. The number of nitro benzene ring substituents is 1. The van der Waals surface area contributed by atoms with Crippen LogP contribution in [0, 0.1) is 15.9 Å². The van der Waals surface area contributed by atoms with Crippen LogP contribution in [0.25, 0.3) is 33.5 Å². The second-order valence-corrected chi connectivity index (χ2v) is 9.62. The molecule has 45 heavy (non-hydrogen) atoms. The summed E-state index contributed by atoms with van der Waals surface area (Å²) < 4.78 is 31.0. The fraction of sp³-hybridized carbons (Fsp3) is 0.0625. The molecule has 12 nitrogen and oxygen atoms in total. The van der Waals surface area contributed by atoms with Gasteiger partial charge in [-0.05, 0) is 66.7 Å². The summed E-state index contributed by atoms with van der Waals surface area (Å²) in [6.45, 7) is -0.532. The van der Waals surface area contributed by atoms with Crippen molar-refractivity contribution in [3.63, 3.8) is 0 Å². The highest BCUT2D eigenvalue weighted by molar-refractivity contribution is 5.92. The molecule has 0 unspecified atom stereocenters. The minimum absolute atomic E-state index is 0.106. The molecular weight excluding hydrogens is 585 g/mol. The third-order valence-electron chi connectivity index (χ3n) is 6.70. The van der Waals surface area contributed by atoms with Gasteiger partial charge in [0.1, 0.15) is 17.1 Å². The van der Waals surface area contributed by atoms with Gasteiger partial charge < -0.3 is 19.2 Å². The first kappa shape index (κ1) is 28.7. The summed E-state index contributed by atoms with van der Waals surface area (Å²) in [6.07, 6.45) is 1.27. The molecule has 0 radical (unpaired) electrons. The number of methoxy groups -OCH3 is 1. The number of carbonyl (C=O) groups is 1.